The van der Waals surface area contributed by atoms with Crippen molar-refractivity contribution in [2.75, 3.05) is 29.9 Å². The van der Waals surface area contributed by atoms with Crippen LogP contribution < -0.4 is 15.8 Å². The first-order valence-corrected chi connectivity index (χ1v) is 9.71. The fourth-order valence-electron chi connectivity index (χ4n) is 4.06. The topological polar surface area (TPSA) is 70.5 Å². The molecule has 1 N–H and O–H groups in total. The Morgan fingerprint density at radius 1 is 1.27 bits per heavy atom. The zero-order chi connectivity index (χ0) is 21.6. The Labute approximate surface area is 175 Å². The van der Waals surface area contributed by atoms with Gasteiger partial charge >= 0.3 is 6.18 Å². The average molecular weight is 442 g/mol. The van der Waals surface area contributed by atoms with Gasteiger partial charge in [0.1, 0.15) is 5.02 Å². The van der Waals surface area contributed by atoms with Crippen LogP contribution in [0.2, 0.25) is 5.02 Å². The number of nitrogens with one attached hydrogen (secondary N) is 1. The Morgan fingerprint density at radius 3 is 2.60 bits per heavy atom. The van der Waals surface area contributed by atoms with Crippen molar-refractivity contribution in [2.24, 2.45) is 7.05 Å². The van der Waals surface area contributed by atoms with E-state index in [4.69, 9.17) is 11.6 Å². The Balaban J connectivity index is 1.41. The number of nitrogens with zero attached hydrogens (tertiary/aromatic N) is 4. The van der Waals surface area contributed by atoms with Gasteiger partial charge in [0.25, 0.3) is 5.56 Å². The van der Waals surface area contributed by atoms with Crippen LogP contribution in [0.1, 0.15) is 12.0 Å². The first-order valence-electron chi connectivity index (χ1n) is 9.33. The largest absolute Gasteiger partial charge is 0.418 e. The normalized spacial score (nSPS) is 21.3. The summed E-state index contributed by atoms with van der Waals surface area (Å²) in [5.41, 5.74) is -0.952. The molecule has 2 unspecified atom stereocenters. The second-order valence-corrected chi connectivity index (χ2v) is 7.86. The fourth-order valence-corrected chi connectivity index (χ4v) is 4.35. The SMILES string of the molecule is Cn1ncc(N2CC3CC(C2)N3CC(=O)Nc2ccccc2C(F)(F)F)c(Cl)c1=O. The molecule has 7 nitrogen and oxygen atoms in total. The number of carbonyl (C=O) groups excluding carboxylic acids is 1. The van der Waals surface area contributed by atoms with Gasteiger partial charge in [-0.1, -0.05) is 23.7 Å². The molecule has 1 aromatic heterocycles. The number of halogens is 4. The third-order valence-corrected chi connectivity index (χ3v) is 5.93. The molecule has 3 aliphatic rings. The van der Waals surface area contributed by atoms with Crippen molar-refractivity contribution in [1.82, 2.24) is 14.7 Å². The highest BCUT2D eigenvalue weighted by atomic mass is 35.5. The van der Waals surface area contributed by atoms with E-state index in [1.165, 1.54) is 25.2 Å². The van der Waals surface area contributed by atoms with Crippen LogP contribution in [0.4, 0.5) is 24.5 Å². The van der Waals surface area contributed by atoms with E-state index in [9.17, 15) is 22.8 Å². The number of alkyl halides is 3. The maximum Gasteiger partial charge on any atom is 0.418 e. The molecule has 0 aliphatic carbocycles. The van der Waals surface area contributed by atoms with E-state index >= 15 is 0 Å². The van der Waals surface area contributed by atoms with E-state index in [1.807, 2.05) is 9.80 Å². The fraction of sp³-hybridized carbons (Fsp3) is 0.421. The number of piperidine rings is 1. The van der Waals surface area contributed by atoms with Crippen molar-refractivity contribution < 1.29 is 18.0 Å². The van der Waals surface area contributed by atoms with E-state index in [2.05, 4.69) is 10.4 Å². The summed E-state index contributed by atoms with van der Waals surface area (Å²) >= 11 is 6.17. The van der Waals surface area contributed by atoms with Gasteiger partial charge in [-0.2, -0.15) is 18.3 Å². The highest BCUT2D eigenvalue weighted by Crippen LogP contribution is 2.37. The van der Waals surface area contributed by atoms with Gasteiger partial charge in [-0.05, 0) is 18.6 Å². The second-order valence-electron chi connectivity index (χ2n) is 7.48. The van der Waals surface area contributed by atoms with Gasteiger partial charge in [-0.15, -0.1) is 0 Å². The van der Waals surface area contributed by atoms with E-state index in [-0.39, 0.29) is 34.9 Å². The number of anilines is 2. The molecule has 160 valence electrons. The third-order valence-electron chi connectivity index (χ3n) is 5.58. The Morgan fingerprint density at radius 2 is 1.93 bits per heavy atom. The van der Waals surface area contributed by atoms with E-state index in [1.54, 1.807) is 6.20 Å². The zero-order valence-electron chi connectivity index (χ0n) is 16.0. The van der Waals surface area contributed by atoms with Gasteiger partial charge < -0.3 is 10.2 Å². The van der Waals surface area contributed by atoms with Crippen LogP contribution in [-0.2, 0) is 18.0 Å². The predicted molar refractivity (Wildman–Crippen MR) is 106 cm³/mol. The lowest BCUT2D eigenvalue weighted by Crippen LogP contribution is -2.69. The summed E-state index contributed by atoms with van der Waals surface area (Å²) in [7, 11) is 1.52. The van der Waals surface area contributed by atoms with Gasteiger partial charge in [0.15, 0.2) is 0 Å². The maximum atomic E-state index is 13.1. The van der Waals surface area contributed by atoms with Crippen LogP contribution >= 0.6 is 11.6 Å². The lowest BCUT2D eigenvalue weighted by Gasteiger charge is -2.56. The summed E-state index contributed by atoms with van der Waals surface area (Å²) in [5.74, 6) is -0.497. The molecule has 3 fully saturated rings. The number of hydrogen-bond acceptors (Lipinski definition) is 5. The molecule has 3 aliphatic heterocycles. The van der Waals surface area contributed by atoms with Crippen molar-refractivity contribution in [3.63, 3.8) is 0 Å². The average Bonchev–Trinajstić information content (AvgIpc) is 2.70. The van der Waals surface area contributed by atoms with Crippen molar-refractivity contribution in [3.05, 3.63) is 51.4 Å². The molecule has 4 heterocycles. The van der Waals surface area contributed by atoms with Crippen LogP contribution in [0.15, 0.2) is 35.3 Å². The minimum atomic E-state index is -4.54. The van der Waals surface area contributed by atoms with E-state index in [0.29, 0.717) is 18.8 Å². The number of piperazine rings is 1. The number of aromatic nitrogens is 2. The van der Waals surface area contributed by atoms with Crippen LogP contribution in [0.25, 0.3) is 0 Å². The maximum absolute atomic E-state index is 13.1. The van der Waals surface area contributed by atoms with Gasteiger partial charge in [0, 0.05) is 32.2 Å². The summed E-state index contributed by atoms with van der Waals surface area (Å²) in [4.78, 5) is 28.3. The molecule has 0 radical (unpaired) electrons. The minimum Gasteiger partial charge on any atom is -0.366 e. The summed E-state index contributed by atoms with van der Waals surface area (Å²) < 4.78 is 40.5. The lowest BCUT2D eigenvalue weighted by molar-refractivity contribution is -0.137. The quantitative estimate of drug-likeness (QED) is 0.788. The van der Waals surface area contributed by atoms with Crippen molar-refractivity contribution in [2.45, 2.75) is 24.7 Å². The molecule has 1 aromatic carbocycles. The number of rotatable bonds is 4. The Hall–Kier alpha value is -2.59. The highest BCUT2D eigenvalue weighted by Gasteiger charge is 2.46. The first-order chi connectivity index (χ1) is 14.1. The second kappa shape index (κ2) is 7.59. The van der Waals surface area contributed by atoms with Gasteiger partial charge in [-0.25, -0.2) is 4.68 Å². The number of amides is 1. The molecule has 0 saturated carbocycles. The summed E-state index contributed by atoms with van der Waals surface area (Å²) in [6.45, 7) is 1.10. The molecule has 2 aromatic rings. The smallest absolute Gasteiger partial charge is 0.366 e. The third kappa shape index (κ3) is 3.77. The standard InChI is InChI=1S/C19H19ClF3N5O2/c1-26-18(30)17(20)15(7-24-26)27-8-11-6-12(9-27)28(11)10-16(29)25-14-5-3-2-4-13(14)19(21,22)23/h2-5,7,11-12H,6,8-10H2,1H3,(H,25,29). The van der Waals surface area contributed by atoms with Gasteiger partial charge in [0.05, 0.1) is 29.7 Å². The predicted octanol–water partition coefficient (Wildman–Crippen LogP) is 2.35. The summed E-state index contributed by atoms with van der Waals surface area (Å²) in [6, 6.07) is 5.00. The number of aryl methyl sites for hydroxylation is 1. The van der Waals surface area contributed by atoms with Crippen molar-refractivity contribution in [3.8, 4) is 0 Å². The molecule has 30 heavy (non-hydrogen) atoms. The lowest BCUT2D eigenvalue weighted by atomic mass is 9.87. The van der Waals surface area contributed by atoms with Crippen LogP contribution in [0.5, 0.6) is 0 Å². The highest BCUT2D eigenvalue weighted by molar-refractivity contribution is 6.33. The van der Waals surface area contributed by atoms with Crippen LogP contribution in [0, 0.1) is 0 Å². The Kier molecular flexibility index (Phi) is 5.23. The molecular formula is C19H19ClF3N5O2. The van der Waals surface area contributed by atoms with Crippen molar-refractivity contribution in [1.29, 1.82) is 0 Å². The molecule has 3 saturated heterocycles. The minimum absolute atomic E-state index is 0.00208. The molecule has 2 bridgehead atoms. The molecule has 0 spiro atoms. The first kappa shape index (κ1) is 20.7. The number of para-hydroxylation sites is 1. The summed E-state index contributed by atoms with van der Waals surface area (Å²) in [6.07, 6.45) is -2.13. The molecule has 2 atom stereocenters. The summed E-state index contributed by atoms with van der Waals surface area (Å²) in [5, 5.41) is 6.49. The van der Waals surface area contributed by atoms with Crippen LogP contribution in [0.3, 0.4) is 0 Å². The zero-order valence-corrected chi connectivity index (χ0v) is 16.7. The number of carbonyl (C=O) groups is 1. The molecule has 11 heteroatoms. The number of fused-ring (bicyclic) bond motifs is 2. The van der Waals surface area contributed by atoms with Crippen LogP contribution in [-0.4, -0.2) is 52.3 Å². The molecule has 1 amide bonds. The molecular weight excluding hydrogens is 423 g/mol. The van der Waals surface area contributed by atoms with Crippen molar-refractivity contribution >= 4 is 28.9 Å². The number of benzene rings is 1. The number of hydrogen-bond donors (Lipinski definition) is 1. The monoisotopic (exact) mass is 441 g/mol. The van der Waals surface area contributed by atoms with E-state index < -0.39 is 17.6 Å². The van der Waals surface area contributed by atoms with Gasteiger partial charge in [-0.3, -0.25) is 14.5 Å². The van der Waals surface area contributed by atoms with E-state index in [0.717, 1.165) is 17.2 Å². The van der Waals surface area contributed by atoms with Gasteiger partial charge in [0.2, 0.25) is 5.91 Å². The Bertz CT molecular complexity index is 1030. The molecule has 5 rings (SSSR count).